The fraction of sp³-hybridized carbons (Fsp3) is 0.500. The molecule has 272 valence electrons. The van der Waals surface area contributed by atoms with E-state index >= 15 is 0 Å². The average Bonchev–Trinajstić information content (AvgIpc) is 3.16. The summed E-state index contributed by atoms with van der Waals surface area (Å²) in [5.74, 6) is -0.854. The summed E-state index contributed by atoms with van der Waals surface area (Å²) in [5, 5.41) is 39.6. The Kier molecular flexibility index (Phi) is 11.9. The Morgan fingerprint density at radius 1 is 1.00 bits per heavy atom. The number of anilines is 2. The van der Waals surface area contributed by atoms with E-state index in [4.69, 9.17) is 9.47 Å². The molecule has 0 bridgehead atoms. The zero-order valence-corrected chi connectivity index (χ0v) is 30.3. The Hall–Kier alpha value is -3.52. The lowest BCUT2D eigenvalue weighted by atomic mass is 9.69. The van der Waals surface area contributed by atoms with Crippen LogP contribution in [-0.4, -0.2) is 86.4 Å². The van der Waals surface area contributed by atoms with Crippen LogP contribution < -0.4 is 15.5 Å². The predicted molar refractivity (Wildman–Crippen MR) is 193 cm³/mol. The molecule has 0 saturated carbocycles. The molecule has 3 aromatic rings. The number of nitrogens with zero attached hydrogens (tertiary/aromatic N) is 1. The molecule has 11 nitrogen and oxygen atoms in total. The molecule has 3 aromatic carbocycles. The Labute approximate surface area is 295 Å². The molecule has 2 aliphatic heterocycles. The summed E-state index contributed by atoms with van der Waals surface area (Å²) in [6.45, 7) is 5.78. The van der Waals surface area contributed by atoms with Crippen LogP contribution in [-0.2, 0) is 25.9 Å². The average molecular weight is 710 g/mol. The summed E-state index contributed by atoms with van der Waals surface area (Å²) < 4.78 is 39.6. The lowest BCUT2D eigenvalue weighted by molar-refractivity contribution is -0.237. The Bertz CT molecular complexity index is 1720. The fourth-order valence-electron chi connectivity index (χ4n) is 7.23. The minimum atomic E-state index is -3.75. The van der Waals surface area contributed by atoms with E-state index in [1.165, 1.54) is 0 Å². The molecule has 0 aromatic heterocycles. The van der Waals surface area contributed by atoms with Crippen molar-refractivity contribution in [1.29, 1.82) is 0 Å². The molecule has 1 saturated heterocycles. The number of rotatable bonds is 11. The number of hydrogen-bond acceptors (Lipinski definition) is 9. The van der Waals surface area contributed by atoms with Crippen LogP contribution in [0.5, 0.6) is 0 Å². The van der Waals surface area contributed by atoms with Gasteiger partial charge >= 0.3 is 6.03 Å². The van der Waals surface area contributed by atoms with Crippen molar-refractivity contribution >= 4 is 27.2 Å². The molecule has 2 aliphatic rings. The van der Waals surface area contributed by atoms with Crippen molar-refractivity contribution in [2.75, 3.05) is 30.1 Å². The number of hydrogen-bond donors (Lipinski definition) is 5. The highest BCUT2D eigenvalue weighted by atomic mass is 32.2. The highest BCUT2D eigenvalue weighted by molar-refractivity contribution is 7.91. The van der Waals surface area contributed by atoms with Gasteiger partial charge in [-0.2, -0.15) is 0 Å². The number of carbonyl (C=O) groups excluding carboxylic acids is 1. The third kappa shape index (κ3) is 8.01. The summed E-state index contributed by atoms with van der Waals surface area (Å²) in [7, 11) is 0.00748. The van der Waals surface area contributed by atoms with Gasteiger partial charge in [0.2, 0.25) is 0 Å². The zero-order valence-electron chi connectivity index (χ0n) is 29.5. The van der Waals surface area contributed by atoms with Gasteiger partial charge in [-0.3, -0.25) is 0 Å². The van der Waals surface area contributed by atoms with E-state index in [0.29, 0.717) is 29.7 Å². The van der Waals surface area contributed by atoms with Crippen LogP contribution in [0.1, 0.15) is 69.1 Å². The second kappa shape index (κ2) is 15.8. The summed E-state index contributed by atoms with van der Waals surface area (Å²) >= 11 is 0. The highest BCUT2D eigenvalue weighted by Crippen LogP contribution is 2.49. The molecule has 8 atom stereocenters. The molecule has 5 N–H and O–H groups in total. The smallest absolute Gasteiger partial charge is 0.321 e. The first kappa shape index (κ1) is 37.7. The molecule has 1 fully saturated rings. The number of amides is 2. The van der Waals surface area contributed by atoms with E-state index in [2.05, 4.69) is 17.6 Å². The van der Waals surface area contributed by atoms with Gasteiger partial charge in [0.25, 0.3) is 0 Å². The highest BCUT2D eigenvalue weighted by Gasteiger charge is 2.49. The zero-order chi connectivity index (χ0) is 36.2. The van der Waals surface area contributed by atoms with Crippen molar-refractivity contribution in [2.24, 2.45) is 5.41 Å². The number of carbonyl (C=O) groups is 1. The Morgan fingerprint density at radius 3 is 2.42 bits per heavy atom. The number of nitrogens with one attached hydrogen (secondary N) is 2. The van der Waals surface area contributed by atoms with E-state index in [0.717, 1.165) is 24.1 Å². The third-order valence-corrected chi connectivity index (χ3v) is 12.2. The van der Waals surface area contributed by atoms with Crippen LogP contribution >= 0.6 is 0 Å². The molecular formula is C38H51N3O8S. The van der Waals surface area contributed by atoms with Crippen molar-refractivity contribution in [2.45, 2.75) is 101 Å². The van der Waals surface area contributed by atoms with Gasteiger partial charge in [0, 0.05) is 36.8 Å². The first-order valence-corrected chi connectivity index (χ1v) is 19.0. The minimum absolute atomic E-state index is 0.156. The van der Waals surface area contributed by atoms with Gasteiger partial charge in [0.15, 0.2) is 16.1 Å². The van der Waals surface area contributed by atoms with Crippen molar-refractivity contribution in [3.05, 3.63) is 89.5 Å². The van der Waals surface area contributed by atoms with E-state index in [1.54, 1.807) is 37.3 Å². The standard InChI is InChI=1S/C38H51N3O8S/c1-6-8-19-38(7-2)23-50(46,47)30-18-17-28(41(4)5)21-29(30)31(35(38)44)26-15-12-16-27(20-26)39-37(45)40-36-33(43)34(32(42)24(3)49-36)48-22-25-13-10-9-11-14-25/h9-18,20-21,24,31-36,42-44H,6-8,19,22-23H2,1-5H3,(H2,39,40,45)/t24-,31-,32-,33-,34+,35-,36-,38-/m1/s1. The van der Waals surface area contributed by atoms with Crippen molar-refractivity contribution in [3.63, 3.8) is 0 Å². The van der Waals surface area contributed by atoms with Gasteiger partial charge in [-0.1, -0.05) is 69.2 Å². The third-order valence-electron chi connectivity index (χ3n) is 10.2. The molecule has 5 rings (SSSR count). The van der Waals surface area contributed by atoms with Crippen molar-refractivity contribution in [1.82, 2.24) is 5.32 Å². The maximum absolute atomic E-state index is 14.0. The predicted octanol–water partition coefficient (Wildman–Crippen LogP) is 4.79. The summed E-state index contributed by atoms with van der Waals surface area (Å²) in [6, 6.07) is 21.0. The maximum Gasteiger partial charge on any atom is 0.321 e. The van der Waals surface area contributed by atoms with Crippen LogP contribution in [0.15, 0.2) is 77.7 Å². The molecular weight excluding hydrogens is 658 g/mol. The van der Waals surface area contributed by atoms with E-state index in [-0.39, 0.29) is 17.3 Å². The van der Waals surface area contributed by atoms with Gasteiger partial charge in [-0.15, -0.1) is 0 Å². The fourth-order valence-corrected chi connectivity index (χ4v) is 9.48. The molecule has 0 aliphatic carbocycles. The van der Waals surface area contributed by atoms with E-state index in [1.807, 2.05) is 68.4 Å². The monoisotopic (exact) mass is 709 g/mol. The molecule has 0 radical (unpaired) electrons. The number of aliphatic hydroxyl groups excluding tert-OH is 3. The van der Waals surface area contributed by atoms with Gasteiger partial charge in [0.05, 0.1) is 29.5 Å². The molecule has 2 amide bonds. The largest absolute Gasteiger partial charge is 0.392 e. The summed E-state index contributed by atoms with van der Waals surface area (Å²) in [6.07, 6.45) is -3.76. The number of ether oxygens (including phenoxy) is 2. The van der Waals surface area contributed by atoms with Crippen LogP contribution in [0.25, 0.3) is 0 Å². The van der Waals surface area contributed by atoms with Crippen LogP contribution in [0.3, 0.4) is 0 Å². The second-order valence-electron chi connectivity index (χ2n) is 13.8. The number of benzene rings is 3. The van der Waals surface area contributed by atoms with Crippen molar-refractivity contribution < 1.29 is 38.0 Å². The molecule has 50 heavy (non-hydrogen) atoms. The SMILES string of the molecule is CCCC[C@]1(CC)CS(=O)(=O)c2ccc(N(C)C)cc2[C@@H](c2cccc(NC(=O)N[C@@H]3O[C@H](C)[C@@H](O)[C@H](OCc4ccccc4)[C@H]3O)c2)[C@H]1O. The summed E-state index contributed by atoms with van der Waals surface area (Å²) in [5.41, 5.74) is 2.36. The van der Waals surface area contributed by atoms with Crippen LogP contribution in [0, 0.1) is 5.41 Å². The second-order valence-corrected chi connectivity index (χ2v) is 15.8. The van der Waals surface area contributed by atoms with E-state index < -0.39 is 63.9 Å². The molecule has 0 spiro atoms. The van der Waals surface area contributed by atoms with E-state index in [9.17, 15) is 28.5 Å². The lowest BCUT2D eigenvalue weighted by Gasteiger charge is -2.41. The number of aliphatic hydroxyl groups is 3. The molecule has 2 heterocycles. The van der Waals surface area contributed by atoms with Gasteiger partial charge < -0.3 is 40.3 Å². The summed E-state index contributed by atoms with van der Waals surface area (Å²) in [4.78, 5) is 15.4. The number of urea groups is 1. The lowest BCUT2D eigenvalue weighted by Crippen LogP contribution is -2.62. The number of fused-ring (bicyclic) bond motifs is 1. The Morgan fingerprint density at radius 2 is 1.74 bits per heavy atom. The van der Waals surface area contributed by atoms with Crippen LogP contribution in [0.2, 0.25) is 0 Å². The normalized spacial score (nSPS) is 29.0. The first-order valence-electron chi connectivity index (χ1n) is 17.4. The van der Waals surface area contributed by atoms with Crippen LogP contribution in [0.4, 0.5) is 16.2 Å². The number of sulfone groups is 1. The van der Waals surface area contributed by atoms with Gasteiger partial charge in [0.1, 0.15) is 18.3 Å². The topological polar surface area (TPSA) is 158 Å². The quantitative estimate of drug-likeness (QED) is 0.189. The number of unbranched alkanes of at least 4 members (excludes halogenated alkanes) is 1. The maximum atomic E-state index is 14.0. The molecule has 12 heteroatoms. The molecule has 0 unspecified atom stereocenters. The minimum Gasteiger partial charge on any atom is -0.392 e. The van der Waals surface area contributed by atoms with Crippen molar-refractivity contribution in [3.8, 4) is 0 Å². The Balaban J connectivity index is 1.41. The van der Waals surface area contributed by atoms with Gasteiger partial charge in [-0.05, 0) is 66.8 Å². The van der Waals surface area contributed by atoms with Gasteiger partial charge in [-0.25, -0.2) is 13.2 Å². The first-order chi connectivity index (χ1) is 23.8.